The molecule has 1 aliphatic carbocycles. The quantitative estimate of drug-likeness (QED) is 0.822. The lowest BCUT2D eigenvalue weighted by Gasteiger charge is -2.17. The van der Waals surface area contributed by atoms with Crippen LogP contribution in [0.5, 0.6) is 5.75 Å². The lowest BCUT2D eigenvalue weighted by Crippen LogP contribution is -2.40. The number of aromatic nitrogens is 2. The van der Waals surface area contributed by atoms with Gasteiger partial charge in [-0.05, 0) is 31.0 Å². The van der Waals surface area contributed by atoms with Crippen LogP contribution in [0, 0.1) is 12.8 Å². The van der Waals surface area contributed by atoms with E-state index in [1.54, 1.807) is 31.2 Å². The molecule has 8 nitrogen and oxygen atoms in total. The molecular formula is C17H19N3O5. The first kappa shape index (κ1) is 16.9. The number of nitrogens with one attached hydrogen (secondary N) is 1. The maximum Gasteiger partial charge on any atom is 0.308 e. The van der Waals surface area contributed by atoms with Gasteiger partial charge >= 0.3 is 5.97 Å². The van der Waals surface area contributed by atoms with E-state index < -0.39 is 11.9 Å². The maximum absolute atomic E-state index is 12.4. The molecule has 1 heterocycles. The van der Waals surface area contributed by atoms with Crippen LogP contribution < -0.4 is 10.1 Å². The Morgan fingerprint density at radius 1 is 1.40 bits per heavy atom. The Bertz CT molecular complexity index is 773. The van der Waals surface area contributed by atoms with Crippen LogP contribution >= 0.6 is 0 Å². The SMILES string of the molecule is Cc1nc(COc2cccc(C(=O)N[C@@H]3CCC[C@@H]3C(=O)O)c2)no1. The fraction of sp³-hybridized carbons (Fsp3) is 0.412. The maximum atomic E-state index is 12.4. The van der Waals surface area contributed by atoms with Crippen molar-refractivity contribution in [3.63, 3.8) is 0 Å². The number of rotatable bonds is 6. The number of hydrogen-bond donors (Lipinski definition) is 2. The van der Waals surface area contributed by atoms with Crippen molar-refractivity contribution in [2.45, 2.75) is 38.8 Å². The third-order valence-corrected chi connectivity index (χ3v) is 4.18. The molecule has 1 saturated carbocycles. The van der Waals surface area contributed by atoms with Gasteiger partial charge in [0.1, 0.15) is 5.75 Å². The molecule has 8 heteroatoms. The van der Waals surface area contributed by atoms with Crippen LogP contribution in [-0.4, -0.2) is 33.2 Å². The number of aliphatic carboxylic acids is 1. The van der Waals surface area contributed by atoms with E-state index in [-0.39, 0.29) is 18.6 Å². The molecule has 2 N–H and O–H groups in total. The second-order valence-electron chi connectivity index (χ2n) is 6.00. The molecule has 1 aliphatic rings. The predicted molar refractivity (Wildman–Crippen MR) is 86.0 cm³/mol. The molecule has 0 unspecified atom stereocenters. The number of carboxylic acids is 1. The molecule has 1 amide bonds. The number of hydrogen-bond acceptors (Lipinski definition) is 6. The highest BCUT2D eigenvalue weighted by atomic mass is 16.5. The smallest absolute Gasteiger partial charge is 0.308 e. The van der Waals surface area contributed by atoms with Crippen molar-refractivity contribution in [2.75, 3.05) is 0 Å². The van der Waals surface area contributed by atoms with Crippen LogP contribution in [0.1, 0.15) is 41.3 Å². The molecule has 3 rings (SSSR count). The first-order chi connectivity index (χ1) is 12.0. The van der Waals surface area contributed by atoms with E-state index in [1.807, 2.05) is 0 Å². The fourth-order valence-electron chi connectivity index (χ4n) is 2.96. The normalized spacial score (nSPS) is 19.6. The van der Waals surface area contributed by atoms with E-state index in [4.69, 9.17) is 9.26 Å². The summed E-state index contributed by atoms with van der Waals surface area (Å²) >= 11 is 0. The number of nitrogens with zero attached hydrogens (tertiary/aromatic N) is 2. The summed E-state index contributed by atoms with van der Waals surface area (Å²) in [5.41, 5.74) is 0.415. The minimum atomic E-state index is -0.865. The van der Waals surface area contributed by atoms with Gasteiger partial charge in [0, 0.05) is 18.5 Å². The van der Waals surface area contributed by atoms with Crippen molar-refractivity contribution in [2.24, 2.45) is 5.92 Å². The van der Waals surface area contributed by atoms with Gasteiger partial charge in [-0.2, -0.15) is 4.98 Å². The molecule has 2 aromatic rings. The standard InChI is InChI=1S/C17H19N3O5/c1-10-18-15(20-25-10)9-24-12-5-2-4-11(8-12)16(21)19-14-7-3-6-13(14)17(22)23/h2,4-5,8,13-14H,3,6-7,9H2,1H3,(H,19,21)(H,22,23)/t13-,14+/m0/s1. The summed E-state index contributed by atoms with van der Waals surface area (Å²) in [6.45, 7) is 1.82. The molecule has 25 heavy (non-hydrogen) atoms. The van der Waals surface area contributed by atoms with Gasteiger partial charge in [-0.25, -0.2) is 0 Å². The Kier molecular flexibility index (Phi) is 4.97. The minimum Gasteiger partial charge on any atom is -0.485 e. The number of aryl methyl sites for hydroxylation is 1. The fourth-order valence-corrected chi connectivity index (χ4v) is 2.96. The lowest BCUT2D eigenvalue weighted by atomic mass is 10.0. The van der Waals surface area contributed by atoms with Gasteiger partial charge in [-0.1, -0.05) is 17.6 Å². The van der Waals surface area contributed by atoms with Crippen molar-refractivity contribution >= 4 is 11.9 Å². The van der Waals surface area contributed by atoms with Crippen LogP contribution in [0.15, 0.2) is 28.8 Å². The Morgan fingerprint density at radius 3 is 2.96 bits per heavy atom. The molecule has 132 valence electrons. The van der Waals surface area contributed by atoms with Gasteiger partial charge in [-0.3, -0.25) is 9.59 Å². The predicted octanol–water partition coefficient (Wildman–Crippen LogP) is 1.94. The Hall–Kier alpha value is -2.90. The summed E-state index contributed by atoms with van der Waals surface area (Å²) in [7, 11) is 0. The number of carbonyl (C=O) groups is 2. The first-order valence-corrected chi connectivity index (χ1v) is 8.08. The molecule has 0 radical (unpaired) electrons. The number of carbonyl (C=O) groups excluding carboxylic acids is 1. The van der Waals surface area contributed by atoms with E-state index in [0.29, 0.717) is 35.9 Å². The topological polar surface area (TPSA) is 115 Å². The summed E-state index contributed by atoms with van der Waals surface area (Å²) < 4.78 is 10.4. The molecule has 0 spiro atoms. The van der Waals surface area contributed by atoms with Crippen LogP contribution in [0.25, 0.3) is 0 Å². The largest absolute Gasteiger partial charge is 0.485 e. The van der Waals surface area contributed by atoms with E-state index in [9.17, 15) is 14.7 Å². The summed E-state index contributed by atoms with van der Waals surface area (Å²) in [6, 6.07) is 6.35. The van der Waals surface area contributed by atoms with Crippen LogP contribution in [0.4, 0.5) is 0 Å². The van der Waals surface area contributed by atoms with Gasteiger partial charge in [-0.15, -0.1) is 0 Å². The lowest BCUT2D eigenvalue weighted by molar-refractivity contribution is -0.142. The van der Waals surface area contributed by atoms with E-state index >= 15 is 0 Å². The van der Waals surface area contributed by atoms with Gasteiger partial charge in [0.2, 0.25) is 11.7 Å². The van der Waals surface area contributed by atoms with Crippen LogP contribution in [0.3, 0.4) is 0 Å². The first-order valence-electron chi connectivity index (χ1n) is 8.08. The summed E-state index contributed by atoms with van der Waals surface area (Å²) in [5.74, 6) is -0.325. The van der Waals surface area contributed by atoms with Crippen molar-refractivity contribution in [3.05, 3.63) is 41.5 Å². The summed E-state index contributed by atoms with van der Waals surface area (Å²) in [6.07, 6.45) is 2.07. The number of carboxylic acid groups (broad SMARTS) is 1. The van der Waals surface area contributed by atoms with Gasteiger partial charge in [0.15, 0.2) is 6.61 Å². The average Bonchev–Trinajstić information content (AvgIpc) is 3.22. The molecule has 2 atom stereocenters. The van der Waals surface area contributed by atoms with Gasteiger partial charge in [0.25, 0.3) is 5.91 Å². The van der Waals surface area contributed by atoms with Crippen molar-refractivity contribution < 1.29 is 24.0 Å². The number of benzene rings is 1. The Labute approximate surface area is 144 Å². The second kappa shape index (κ2) is 7.33. The zero-order chi connectivity index (χ0) is 17.8. The molecular weight excluding hydrogens is 326 g/mol. The van der Waals surface area contributed by atoms with Crippen molar-refractivity contribution in [1.29, 1.82) is 0 Å². The van der Waals surface area contributed by atoms with E-state index in [1.165, 1.54) is 0 Å². The highest BCUT2D eigenvalue weighted by Crippen LogP contribution is 2.26. The highest BCUT2D eigenvalue weighted by molar-refractivity contribution is 5.95. The molecule has 0 bridgehead atoms. The second-order valence-corrected chi connectivity index (χ2v) is 6.00. The van der Waals surface area contributed by atoms with Gasteiger partial charge in [0.05, 0.1) is 5.92 Å². The third-order valence-electron chi connectivity index (χ3n) is 4.18. The number of ether oxygens (including phenoxy) is 1. The molecule has 0 aliphatic heterocycles. The Morgan fingerprint density at radius 2 is 2.24 bits per heavy atom. The van der Waals surface area contributed by atoms with Crippen molar-refractivity contribution in [3.8, 4) is 5.75 Å². The minimum absolute atomic E-state index is 0.131. The summed E-state index contributed by atoms with van der Waals surface area (Å²) in [4.78, 5) is 27.7. The molecule has 1 fully saturated rings. The average molecular weight is 345 g/mol. The van der Waals surface area contributed by atoms with E-state index in [2.05, 4.69) is 15.5 Å². The van der Waals surface area contributed by atoms with Crippen LogP contribution in [0.2, 0.25) is 0 Å². The zero-order valence-corrected chi connectivity index (χ0v) is 13.8. The van der Waals surface area contributed by atoms with Crippen molar-refractivity contribution in [1.82, 2.24) is 15.5 Å². The van der Waals surface area contributed by atoms with Crippen LogP contribution in [-0.2, 0) is 11.4 Å². The highest BCUT2D eigenvalue weighted by Gasteiger charge is 2.34. The Balaban J connectivity index is 1.62. The molecule has 1 aromatic carbocycles. The zero-order valence-electron chi connectivity index (χ0n) is 13.8. The number of amides is 1. The molecule has 1 aromatic heterocycles. The van der Waals surface area contributed by atoms with E-state index in [0.717, 1.165) is 6.42 Å². The third kappa shape index (κ3) is 4.14. The summed E-state index contributed by atoms with van der Waals surface area (Å²) in [5, 5.41) is 15.8. The molecule has 0 saturated heterocycles. The van der Waals surface area contributed by atoms with Gasteiger partial charge < -0.3 is 19.7 Å². The monoisotopic (exact) mass is 345 g/mol.